The molecule has 0 radical (unpaired) electrons. The third-order valence-corrected chi connectivity index (χ3v) is 4.54. The van der Waals surface area contributed by atoms with Crippen molar-refractivity contribution in [3.8, 4) is 5.88 Å². The number of ether oxygens (including phenoxy) is 1. The van der Waals surface area contributed by atoms with Gasteiger partial charge < -0.3 is 19.1 Å². The highest BCUT2D eigenvalue weighted by Crippen LogP contribution is 2.24. The van der Waals surface area contributed by atoms with Gasteiger partial charge in [0, 0.05) is 58.3 Å². The Hall–Kier alpha value is -3.17. The van der Waals surface area contributed by atoms with Crippen LogP contribution in [0.4, 0.5) is 5.82 Å². The molecule has 0 aromatic carbocycles. The van der Waals surface area contributed by atoms with Crippen molar-refractivity contribution in [2.24, 2.45) is 0 Å². The minimum atomic E-state index is -0.515. The first-order valence-corrected chi connectivity index (χ1v) is 9.16. The minimum absolute atomic E-state index is 0.0571. The van der Waals surface area contributed by atoms with Crippen LogP contribution in [0.5, 0.6) is 5.88 Å². The van der Waals surface area contributed by atoms with Crippen LogP contribution in [0.15, 0.2) is 34.2 Å². The number of nitrogens with zero attached hydrogens (tertiary/aromatic N) is 5. The quantitative estimate of drug-likeness (QED) is 0.732. The Morgan fingerprint density at radius 2 is 2.11 bits per heavy atom. The molecule has 3 heterocycles. The number of aromatic amines is 1. The average molecular weight is 388 g/mol. The monoisotopic (exact) mass is 388 g/mol. The lowest BCUT2D eigenvalue weighted by molar-refractivity contribution is -0.134. The molecule has 2 aromatic heterocycles. The molecule has 1 aliphatic rings. The second-order valence-corrected chi connectivity index (χ2v) is 6.85. The molecule has 0 unspecified atom stereocenters. The number of piperidine rings is 1. The zero-order chi connectivity index (χ0) is 20.1. The maximum absolute atomic E-state index is 12.6. The smallest absolute Gasteiger partial charge is 0.328 e. The minimum Gasteiger partial charge on any atom is -0.470 e. The number of amides is 1. The molecule has 0 saturated carbocycles. The standard InChI is InChI=1S/C18H24N6O4/c1-22(2)16-17(20-8-7-19-16)28-13-4-3-9-24(12-13)15(26)6-11-23-10-5-14(25)21-18(23)27/h5,7-8,10,13H,3-4,6,9,11-12H2,1-2H3,(H,21,25,27)/t13-/m1/s1. The van der Waals surface area contributed by atoms with E-state index in [0.29, 0.717) is 24.8 Å². The van der Waals surface area contributed by atoms with Gasteiger partial charge in [0.1, 0.15) is 6.10 Å². The van der Waals surface area contributed by atoms with E-state index >= 15 is 0 Å². The Morgan fingerprint density at radius 1 is 1.32 bits per heavy atom. The van der Waals surface area contributed by atoms with E-state index in [0.717, 1.165) is 12.8 Å². The Balaban J connectivity index is 1.59. The Labute approximate surface area is 161 Å². The molecule has 0 aliphatic carbocycles. The summed E-state index contributed by atoms with van der Waals surface area (Å²) in [5, 5.41) is 0. The number of anilines is 1. The lowest BCUT2D eigenvalue weighted by Crippen LogP contribution is -2.45. The summed E-state index contributed by atoms with van der Waals surface area (Å²) in [5.74, 6) is 1.04. The van der Waals surface area contributed by atoms with Crippen molar-refractivity contribution in [3.05, 3.63) is 45.5 Å². The fourth-order valence-corrected chi connectivity index (χ4v) is 3.12. The molecule has 1 fully saturated rings. The SMILES string of the molecule is CN(C)c1nccnc1O[C@@H]1CCCN(C(=O)CCn2ccc(=O)[nH]c2=O)C1. The topological polar surface area (TPSA) is 113 Å². The largest absolute Gasteiger partial charge is 0.470 e. The number of hydrogen-bond acceptors (Lipinski definition) is 7. The normalized spacial score (nSPS) is 16.6. The first kappa shape index (κ1) is 19.6. The molecule has 0 spiro atoms. The van der Waals surface area contributed by atoms with Gasteiger partial charge in [-0.15, -0.1) is 0 Å². The molecule has 2 aromatic rings. The van der Waals surface area contributed by atoms with Crippen molar-refractivity contribution in [1.29, 1.82) is 0 Å². The summed E-state index contributed by atoms with van der Waals surface area (Å²) >= 11 is 0. The maximum Gasteiger partial charge on any atom is 0.328 e. The molecular weight excluding hydrogens is 364 g/mol. The summed E-state index contributed by atoms with van der Waals surface area (Å²) in [5.41, 5.74) is -0.969. The molecule has 1 atom stereocenters. The molecule has 1 N–H and O–H groups in total. The molecule has 1 saturated heterocycles. The van der Waals surface area contributed by atoms with Crippen molar-refractivity contribution >= 4 is 11.7 Å². The number of rotatable bonds is 6. The van der Waals surface area contributed by atoms with Gasteiger partial charge in [-0.2, -0.15) is 0 Å². The summed E-state index contributed by atoms with van der Waals surface area (Å²) in [6.07, 6.45) is 6.25. The van der Waals surface area contributed by atoms with Crippen LogP contribution in [0.1, 0.15) is 19.3 Å². The van der Waals surface area contributed by atoms with Gasteiger partial charge in [0.25, 0.3) is 11.4 Å². The van der Waals surface area contributed by atoms with E-state index in [-0.39, 0.29) is 25.0 Å². The number of aromatic nitrogens is 4. The van der Waals surface area contributed by atoms with Crippen LogP contribution in [0.25, 0.3) is 0 Å². The van der Waals surface area contributed by atoms with Crippen LogP contribution in [-0.2, 0) is 11.3 Å². The molecule has 150 valence electrons. The van der Waals surface area contributed by atoms with Gasteiger partial charge in [-0.05, 0) is 12.8 Å². The highest BCUT2D eigenvalue weighted by atomic mass is 16.5. The van der Waals surface area contributed by atoms with Crippen molar-refractivity contribution in [1.82, 2.24) is 24.4 Å². The van der Waals surface area contributed by atoms with Crippen LogP contribution >= 0.6 is 0 Å². The summed E-state index contributed by atoms with van der Waals surface area (Å²) in [4.78, 5) is 49.7. The molecule has 1 aliphatic heterocycles. The Bertz CT molecular complexity index is 938. The molecule has 10 heteroatoms. The third-order valence-electron chi connectivity index (χ3n) is 4.54. The summed E-state index contributed by atoms with van der Waals surface area (Å²) in [7, 11) is 3.73. The number of likely N-dealkylation sites (tertiary alicyclic amines) is 1. The molecule has 10 nitrogen and oxygen atoms in total. The Morgan fingerprint density at radius 3 is 2.86 bits per heavy atom. The second kappa shape index (κ2) is 8.68. The van der Waals surface area contributed by atoms with Crippen molar-refractivity contribution in [2.45, 2.75) is 31.9 Å². The predicted molar refractivity (Wildman–Crippen MR) is 103 cm³/mol. The van der Waals surface area contributed by atoms with Gasteiger partial charge in [0.15, 0.2) is 5.82 Å². The number of carbonyl (C=O) groups excluding carboxylic acids is 1. The first-order valence-electron chi connectivity index (χ1n) is 9.16. The fraction of sp³-hybridized carbons (Fsp3) is 0.500. The van der Waals surface area contributed by atoms with Gasteiger partial charge in [0.05, 0.1) is 6.54 Å². The van der Waals surface area contributed by atoms with Crippen LogP contribution in [0.3, 0.4) is 0 Å². The average Bonchev–Trinajstić information content (AvgIpc) is 2.67. The molecule has 28 heavy (non-hydrogen) atoms. The molecule has 0 bridgehead atoms. The van der Waals surface area contributed by atoms with E-state index in [4.69, 9.17) is 4.74 Å². The van der Waals surface area contributed by atoms with E-state index in [9.17, 15) is 14.4 Å². The number of nitrogens with one attached hydrogen (secondary N) is 1. The summed E-state index contributed by atoms with van der Waals surface area (Å²) in [6.45, 7) is 1.33. The predicted octanol–water partition coefficient (Wildman–Crippen LogP) is -0.147. The van der Waals surface area contributed by atoms with Crippen molar-refractivity contribution < 1.29 is 9.53 Å². The maximum atomic E-state index is 12.6. The second-order valence-electron chi connectivity index (χ2n) is 6.85. The van der Waals surface area contributed by atoms with E-state index < -0.39 is 11.2 Å². The number of carbonyl (C=O) groups is 1. The lowest BCUT2D eigenvalue weighted by atomic mass is 10.1. The van der Waals surface area contributed by atoms with Crippen LogP contribution in [0, 0.1) is 0 Å². The van der Waals surface area contributed by atoms with Crippen LogP contribution in [0.2, 0.25) is 0 Å². The van der Waals surface area contributed by atoms with Gasteiger partial charge in [-0.1, -0.05) is 0 Å². The van der Waals surface area contributed by atoms with Crippen molar-refractivity contribution in [3.63, 3.8) is 0 Å². The van der Waals surface area contributed by atoms with Gasteiger partial charge in [-0.3, -0.25) is 14.6 Å². The first-order chi connectivity index (χ1) is 13.4. The zero-order valence-corrected chi connectivity index (χ0v) is 16.0. The fourth-order valence-electron chi connectivity index (χ4n) is 3.12. The third kappa shape index (κ3) is 4.76. The van der Waals surface area contributed by atoms with Gasteiger partial charge >= 0.3 is 5.69 Å². The van der Waals surface area contributed by atoms with E-state index in [1.165, 1.54) is 16.8 Å². The number of H-pyrrole nitrogens is 1. The van der Waals surface area contributed by atoms with E-state index in [2.05, 4.69) is 15.0 Å². The van der Waals surface area contributed by atoms with Gasteiger partial charge in [-0.25, -0.2) is 14.8 Å². The summed E-state index contributed by atoms with van der Waals surface area (Å²) < 4.78 is 7.34. The highest BCUT2D eigenvalue weighted by Gasteiger charge is 2.26. The van der Waals surface area contributed by atoms with Crippen LogP contribution in [-0.4, -0.2) is 63.6 Å². The van der Waals surface area contributed by atoms with Crippen molar-refractivity contribution in [2.75, 3.05) is 32.1 Å². The number of aryl methyl sites for hydroxylation is 1. The molecular formula is C18H24N6O4. The number of hydrogen-bond donors (Lipinski definition) is 1. The molecule has 1 amide bonds. The van der Waals surface area contributed by atoms with E-state index in [1.54, 1.807) is 17.3 Å². The Kier molecular flexibility index (Phi) is 6.07. The van der Waals surface area contributed by atoms with Gasteiger partial charge in [0.2, 0.25) is 5.91 Å². The molecule has 3 rings (SSSR count). The van der Waals surface area contributed by atoms with Crippen LogP contribution < -0.4 is 20.9 Å². The lowest BCUT2D eigenvalue weighted by Gasteiger charge is -2.33. The van der Waals surface area contributed by atoms with E-state index in [1.807, 2.05) is 19.0 Å². The highest BCUT2D eigenvalue weighted by molar-refractivity contribution is 5.76. The summed E-state index contributed by atoms with van der Waals surface area (Å²) in [6, 6.07) is 1.26. The zero-order valence-electron chi connectivity index (χ0n) is 16.0.